The number of fused-ring (bicyclic) bond motifs is 1. The number of pyridine rings is 1. The monoisotopic (exact) mass is 370 g/mol. The van der Waals surface area contributed by atoms with Crippen molar-refractivity contribution in [1.82, 2.24) is 10.3 Å². The number of nitrogens with zero attached hydrogens (tertiary/aromatic N) is 1. The van der Waals surface area contributed by atoms with E-state index in [2.05, 4.69) is 5.32 Å². The van der Waals surface area contributed by atoms with Gasteiger partial charge in [0.2, 0.25) is 0 Å². The van der Waals surface area contributed by atoms with Gasteiger partial charge in [0.15, 0.2) is 0 Å². The maximum absolute atomic E-state index is 12.0. The van der Waals surface area contributed by atoms with Crippen LogP contribution in [0.15, 0.2) is 36.4 Å². The number of hydrogen-bond donors (Lipinski definition) is 2. The predicted octanol–water partition coefficient (Wildman–Crippen LogP) is 4.85. The van der Waals surface area contributed by atoms with Crippen LogP contribution in [0.1, 0.15) is 58.8 Å². The molecule has 0 unspecified atom stereocenters. The van der Waals surface area contributed by atoms with Gasteiger partial charge in [-0.1, -0.05) is 44.2 Å². The first-order valence-electron chi connectivity index (χ1n) is 9.19. The first kappa shape index (κ1) is 20.9. The standard InChI is InChI=1S/C22H30N2O3/c1-15(23-20(26)27-21(2,3)4)18-10-9-17-8-7-16(13-19(17)24-18)11-12-22(5,6)14-25/h7-13,15,25H,14H2,1-6H3,(H,23,26)/b12-11+/t15-/m1/s1. The minimum absolute atomic E-state index is 0.0906. The summed E-state index contributed by atoms with van der Waals surface area (Å²) in [5.74, 6) is 0. The Morgan fingerprint density at radius 3 is 2.52 bits per heavy atom. The molecule has 5 heteroatoms. The highest BCUT2D eigenvalue weighted by Crippen LogP contribution is 2.22. The Morgan fingerprint density at radius 1 is 1.22 bits per heavy atom. The van der Waals surface area contributed by atoms with Crippen LogP contribution >= 0.6 is 0 Å². The number of hydrogen-bond acceptors (Lipinski definition) is 4. The maximum atomic E-state index is 12.0. The largest absolute Gasteiger partial charge is 0.444 e. The zero-order valence-corrected chi connectivity index (χ0v) is 17.0. The summed E-state index contributed by atoms with van der Waals surface area (Å²) in [7, 11) is 0. The fraction of sp³-hybridized carbons (Fsp3) is 0.455. The van der Waals surface area contributed by atoms with E-state index in [0.29, 0.717) is 0 Å². The number of ether oxygens (including phenoxy) is 1. The van der Waals surface area contributed by atoms with E-state index in [1.54, 1.807) is 0 Å². The summed E-state index contributed by atoms with van der Waals surface area (Å²) in [5.41, 5.74) is 1.83. The molecular formula is C22H30N2O3. The van der Waals surface area contributed by atoms with Gasteiger partial charge in [-0.25, -0.2) is 4.79 Å². The Balaban J connectivity index is 2.21. The van der Waals surface area contributed by atoms with Crippen molar-refractivity contribution in [3.63, 3.8) is 0 Å². The third kappa shape index (κ3) is 6.36. The van der Waals surface area contributed by atoms with Crippen molar-refractivity contribution < 1.29 is 14.6 Å². The van der Waals surface area contributed by atoms with Gasteiger partial charge in [-0.2, -0.15) is 0 Å². The number of benzene rings is 1. The lowest BCUT2D eigenvalue weighted by atomic mass is 9.93. The third-order valence-corrected chi connectivity index (χ3v) is 4.05. The number of rotatable bonds is 5. The van der Waals surface area contributed by atoms with Crippen molar-refractivity contribution in [1.29, 1.82) is 0 Å². The quantitative estimate of drug-likeness (QED) is 0.789. The molecule has 0 aliphatic heterocycles. The van der Waals surface area contributed by atoms with Crippen molar-refractivity contribution in [2.45, 2.75) is 53.2 Å². The van der Waals surface area contributed by atoms with Gasteiger partial charge in [-0.05, 0) is 45.4 Å². The normalized spacial score (nSPS) is 13.7. The molecule has 0 fully saturated rings. The average molecular weight is 370 g/mol. The number of carbonyl (C=O) groups excluding carboxylic acids is 1. The second kappa shape index (κ2) is 8.09. The van der Waals surface area contributed by atoms with Gasteiger partial charge < -0.3 is 15.2 Å². The number of aromatic nitrogens is 1. The lowest BCUT2D eigenvalue weighted by Crippen LogP contribution is -2.34. The summed E-state index contributed by atoms with van der Waals surface area (Å²) >= 11 is 0. The maximum Gasteiger partial charge on any atom is 0.408 e. The molecule has 0 radical (unpaired) electrons. The summed E-state index contributed by atoms with van der Waals surface area (Å²) in [6.45, 7) is 11.4. The lowest BCUT2D eigenvalue weighted by molar-refractivity contribution is 0.0507. The molecule has 0 aliphatic carbocycles. The van der Waals surface area contributed by atoms with Gasteiger partial charge >= 0.3 is 6.09 Å². The molecule has 27 heavy (non-hydrogen) atoms. The summed E-state index contributed by atoms with van der Waals surface area (Å²) in [6, 6.07) is 9.69. The fourth-order valence-corrected chi connectivity index (χ4v) is 2.43. The van der Waals surface area contributed by atoms with E-state index in [4.69, 9.17) is 9.72 Å². The highest BCUT2D eigenvalue weighted by Gasteiger charge is 2.19. The molecule has 0 saturated carbocycles. The van der Waals surface area contributed by atoms with Crippen LogP contribution in [0.25, 0.3) is 17.0 Å². The van der Waals surface area contributed by atoms with E-state index in [1.165, 1.54) is 0 Å². The van der Waals surface area contributed by atoms with Crippen LogP contribution in [0.4, 0.5) is 4.79 Å². The molecule has 0 spiro atoms. The van der Waals surface area contributed by atoms with Gasteiger partial charge in [-0.15, -0.1) is 0 Å². The number of alkyl carbamates (subject to hydrolysis) is 1. The first-order valence-corrected chi connectivity index (χ1v) is 9.19. The van der Waals surface area contributed by atoms with E-state index in [1.807, 2.05) is 84.0 Å². The minimum Gasteiger partial charge on any atom is -0.444 e. The van der Waals surface area contributed by atoms with Crippen molar-refractivity contribution in [2.24, 2.45) is 5.41 Å². The molecule has 1 heterocycles. The summed E-state index contributed by atoms with van der Waals surface area (Å²) in [5, 5.41) is 13.2. The number of amides is 1. The Bertz CT molecular complexity index is 835. The van der Waals surface area contributed by atoms with Gasteiger partial charge in [0.05, 0.1) is 23.9 Å². The number of aliphatic hydroxyl groups excluding tert-OH is 1. The number of carbonyl (C=O) groups is 1. The smallest absolute Gasteiger partial charge is 0.408 e. The Hall–Kier alpha value is -2.40. The van der Waals surface area contributed by atoms with Crippen molar-refractivity contribution in [3.8, 4) is 0 Å². The van der Waals surface area contributed by atoms with Crippen molar-refractivity contribution in [2.75, 3.05) is 6.61 Å². The molecular weight excluding hydrogens is 340 g/mol. The second-order valence-corrected chi connectivity index (χ2v) is 8.54. The first-order chi connectivity index (χ1) is 12.5. The van der Waals surface area contributed by atoms with Gasteiger partial charge in [-0.3, -0.25) is 4.98 Å². The molecule has 1 atom stereocenters. The van der Waals surface area contributed by atoms with E-state index < -0.39 is 11.7 Å². The van der Waals surface area contributed by atoms with Crippen LogP contribution < -0.4 is 5.32 Å². The van der Waals surface area contributed by atoms with Crippen LogP contribution in [0.5, 0.6) is 0 Å². The van der Waals surface area contributed by atoms with Crippen molar-refractivity contribution in [3.05, 3.63) is 47.7 Å². The molecule has 2 aromatic rings. The highest BCUT2D eigenvalue weighted by molar-refractivity contribution is 5.81. The molecule has 1 amide bonds. The summed E-state index contributed by atoms with van der Waals surface area (Å²) in [4.78, 5) is 16.7. The SMILES string of the molecule is C[C@@H](NC(=O)OC(C)(C)C)c1ccc2ccc(/C=C/C(C)(C)CO)cc2n1. The minimum atomic E-state index is -0.538. The molecule has 146 valence electrons. The number of nitrogens with one attached hydrogen (secondary N) is 1. The van der Waals surface area contributed by atoms with Crippen molar-refractivity contribution >= 4 is 23.1 Å². The van der Waals surface area contributed by atoms with Gasteiger partial charge in [0, 0.05) is 10.8 Å². The zero-order chi connectivity index (χ0) is 20.2. The van der Waals surface area contributed by atoms with Crippen LogP contribution in [-0.4, -0.2) is 28.4 Å². The Morgan fingerprint density at radius 2 is 1.89 bits per heavy atom. The van der Waals surface area contributed by atoms with Crippen LogP contribution in [0.2, 0.25) is 0 Å². The van der Waals surface area contributed by atoms with Gasteiger partial charge in [0.25, 0.3) is 0 Å². The van der Waals surface area contributed by atoms with E-state index >= 15 is 0 Å². The molecule has 1 aromatic carbocycles. The third-order valence-electron chi connectivity index (χ3n) is 4.05. The van der Waals surface area contributed by atoms with Gasteiger partial charge in [0.1, 0.15) is 5.60 Å². The van der Waals surface area contributed by atoms with Crippen LogP contribution in [0.3, 0.4) is 0 Å². The highest BCUT2D eigenvalue weighted by atomic mass is 16.6. The molecule has 1 aromatic heterocycles. The average Bonchev–Trinajstić information content (AvgIpc) is 2.57. The van der Waals surface area contributed by atoms with E-state index in [-0.39, 0.29) is 18.1 Å². The predicted molar refractivity (Wildman–Crippen MR) is 109 cm³/mol. The van der Waals surface area contributed by atoms with E-state index in [9.17, 15) is 9.90 Å². The molecule has 5 nitrogen and oxygen atoms in total. The number of aliphatic hydroxyl groups is 1. The molecule has 2 N–H and O–H groups in total. The zero-order valence-electron chi connectivity index (χ0n) is 17.0. The molecule has 0 bridgehead atoms. The van der Waals surface area contributed by atoms with E-state index in [0.717, 1.165) is 22.2 Å². The molecule has 0 saturated heterocycles. The fourth-order valence-electron chi connectivity index (χ4n) is 2.43. The summed E-state index contributed by atoms with van der Waals surface area (Å²) < 4.78 is 5.30. The Labute approximate surface area is 161 Å². The lowest BCUT2D eigenvalue weighted by Gasteiger charge is -2.22. The topological polar surface area (TPSA) is 71.5 Å². The second-order valence-electron chi connectivity index (χ2n) is 8.54. The molecule has 0 aliphatic rings. The Kier molecular flexibility index (Phi) is 6.26. The molecule has 2 rings (SSSR count). The van der Waals surface area contributed by atoms with Crippen LogP contribution in [-0.2, 0) is 4.74 Å². The summed E-state index contributed by atoms with van der Waals surface area (Å²) in [6.07, 6.45) is 3.52. The van der Waals surface area contributed by atoms with Crippen LogP contribution in [0, 0.1) is 5.41 Å².